The Bertz CT molecular complexity index is 1210. The second kappa shape index (κ2) is 10.7. The van der Waals surface area contributed by atoms with Crippen molar-refractivity contribution in [3.8, 4) is 0 Å². The normalized spacial score (nSPS) is 11.3. The average Bonchev–Trinajstić information content (AvgIpc) is 2.78. The van der Waals surface area contributed by atoms with Gasteiger partial charge in [0, 0.05) is 29.8 Å². The van der Waals surface area contributed by atoms with Gasteiger partial charge in [0.15, 0.2) is 15.6 Å². The Balaban J connectivity index is 1.66. The fourth-order valence-electron chi connectivity index (χ4n) is 3.43. The molecule has 0 fully saturated rings. The van der Waals surface area contributed by atoms with Crippen LogP contribution in [0.1, 0.15) is 39.9 Å². The van der Waals surface area contributed by atoms with Gasteiger partial charge in [-0.3, -0.25) is 9.59 Å². The Morgan fingerprint density at radius 2 is 1.56 bits per heavy atom. The molecule has 4 nitrogen and oxygen atoms in total. The van der Waals surface area contributed by atoms with Crippen LogP contribution in [0.2, 0.25) is 5.02 Å². The smallest absolute Gasteiger partial charge is 0.179 e. The maximum Gasteiger partial charge on any atom is 0.179 e. The third kappa shape index (κ3) is 6.62. The first-order chi connectivity index (χ1) is 15.2. The number of rotatable bonds is 10. The first-order valence-corrected chi connectivity index (χ1v) is 12.4. The summed E-state index contributed by atoms with van der Waals surface area (Å²) in [5.41, 5.74) is 3.03. The van der Waals surface area contributed by atoms with E-state index in [2.05, 4.69) is 0 Å². The Labute approximate surface area is 194 Å². The Morgan fingerprint density at radius 3 is 2.28 bits per heavy atom. The van der Waals surface area contributed by atoms with Crippen molar-refractivity contribution in [2.45, 2.75) is 37.5 Å². The monoisotopic (exact) mass is 468 g/mol. The highest BCUT2D eigenvalue weighted by Gasteiger charge is 2.23. The molecule has 0 radical (unpaired) electrons. The number of hydrogen-bond donors (Lipinski definition) is 0. The van der Waals surface area contributed by atoms with Crippen LogP contribution in [0, 0.1) is 6.92 Å². The molecule has 0 aliphatic heterocycles. The Hall–Kier alpha value is -2.76. The van der Waals surface area contributed by atoms with Gasteiger partial charge in [0.2, 0.25) is 0 Å². The molecule has 6 heteroatoms. The lowest BCUT2D eigenvalue weighted by Crippen LogP contribution is -2.16. The zero-order chi connectivity index (χ0) is 23.1. The van der Waals surface area contributed by atoms with Crippen LogP contribution < -0.4 is 0 Å². The summed E-state index contributed by atoms with van der Waals surface area (Å²) in [6.45, 7) is 1.96. The maximum atomic E-state index is 13.0. The van der Waals surface area contributed by atoms with Crippen LogP contribution in [0.3, 0.4) is 0 Å². The number of hydrogen-bond acceptors (Lipinski definition) is 4. The number of aryl methyl sites for hydroxylation is 2. The number of carbonyl (C=O) groups is 2. The van der Waals surface area contributed by atoms with Crippen molar-refractivity contribution in [3.63, 3.8) is 0 Å². The molecule has 0 N–H and O–H groups in total. The van der Waals surface area contributed by atoms with E-state index in [1.165, 1.54) is 12.1 Å². The van der Waals surface area contributed by atoms with Crippen molar-refractivity contribution < 1.29 is 18.0 Å². The first-order valence-electron chi connectivity index (χ1n) is 10.4. The molecule has 0 atom stereocenters. The second-order valence-corrected chi connectivity index (χ2v) is 10.3. The van der Waals surface area contributed by atoms with Gasteiger partial charge in [0.1, 0.15) is 5.78 Å². The second-order valence-electron chi connectivity index (χ2n) is 7.82. The van der Waals surface area contributed by atoms with Gasteiger partial charge in [-0.15, -0.1) is 0 Å². The van der Waals surface area contributed by atoms with Gasteiger partial charge in [-0.2, -0.15) is 0 Å². The Kier molecular flexibility index (Phi) is 7.99. The van der Waals surface area contributed by atoms with Crippen LogP contribution in [0.25, 0.3) is 0 Å². The molecule has 166 valence electrons. The molecule has 0 saturated heterocycles. The molecule has 0 spiro atoms. The minimum Gasteiger partial charge on any atom is -0.299 e. The predicted molar refractivity (Wildman–Crippen MR) is 127 cm³/mol. The third-order valence-corrected chi connectivity index (χ3v) is 7.23. The van der Waals surface area contributed by atoms with E-state index in [1.807, 2.05) is 43.3 Å². The summed E-state index contributed by atoms with van der Waals surface area (Å²) in [7, 11) is -3.78. The SMILES string of the molecule is Cc1ccc(CC(=O)CCS(=O)(=O)c2ccccc2C(=O)CCc2cccc(Cl)c2)cc1. The van der Waals surface area contributed by atoms with E-state index in [9.17, 15) is 18.0 Å². The summed E-state index contributed by atoms with van der Waals surface area (Å²) in [5.74, 6) is -0.728. The van der Waals surface area contributed by atoms with E-state index in [0.717, 1.165) is 16.7 Å². The number of Topliss-reactive ketones (excluding diaryl/α,β-unsaturated/α-hetero) is 2. The summed E-state index contributed by atoms with van der Waals surface area (Å²) < 4.78 is 25.9. The molecule has 0 bridgehead atoms. The fourth-order valence-corrected chi connectivity index (χ4v) is 5.17. The van der Waals surface area contributed by atoms with Crippen molar-refractivity contribution in [2.75, 3.05) is 5.75 Å². The van der Waals surface area contributed by atoms with Gasteiger partial charge in [-0.25, -0.2) is 8.42 Å². The van der Waals surface area contributed by atoms with E-state index < -0.39 is 9.84 Å². The largest absolute Gasteiger partial charge is 0.299 e. The predicted octanol–water partition coefficient (Wildman–Crippen LogP) is 5.44. The average molecular weight is 469 g/mol. The van der Waals surface area contributed by atoms with Crippen LogP contribution in [-0.2, 0) is 27.5 Å². The van der Waals surface area contributed by atoms with Crippen LogP contribution in [-0.4, -0.2) is 25.7 Å². The lowest BCUT2D eigenvalue weighted by atomic mass is 10.0. The van der Waals surface area contributed by atoms with Crippen LogP contribution in [0.4, 0.5) is 0 Å². The Morgan fingerprint density at radius 1 is 0.844 bits per heavy atom. The minimum atomic E-state index is -3.78. The molecule has 0 heterocycles. The van der Waals surface area contributed by atoms with Gasteiger partial charge in [-0.1, -0.05) is 71.8 Å². The van der Waals surface area contributed by atoms with E-state index >= 15 is 0 Å². The van der Waals surface area contributed by atoms with Gasteiger partial charge in [-0.05, 0) is 42.7 Å². The third-order valence-electron chi connectivity index (χ3n) is 5.22. The van der Waals surface area contributed by atoms with E-state index in [-0.39, 0.29) is 47.0 Å². The molecular formula is C26H25ClO4S. The number of halogens is 1. The van der Waals surface area contributed by atoms with Crippen molar-refractivity contribution in [1.82, 2.24) is 0 Å². The summed E-state index contributed by atoms with van der Waals surface area (Å²) in [4.78, 5) is 25.1. The molecule has 0 aromatic heterocycles. The molecule has 0 unspecified atom stereocenters. The van der Waals surface area contributed by atoms with Crippen LogP contribution in [0.15, 0.2) is 77.7 Å². The van der Waals surface area contributed by atoms with Gasteiger partial charge >= 0.3 is 0 Å². The van der Waals surface area contributed by atoms with Crippen LogP contribution in [0.5, 0.6) is 0 Å². The van der Waals surface area contributed by atoms with Gasteiger partial charge < -0.3 is 0 Å². The molecule has 3 aromatic rings. The number of ketones is 2. The van der Waals surface area contributed by atoms with E-state index in [0.29, 0.717) is 11.4 Å². The van der Waals surface area contributed by atoms with Crippen molar-refractivity contribution in [1.29, 1.82) is 0 Å². The minimum absolute atomic E-state index is 0.0146. The highest BCUT2D eigenvalue weighted by Crippen LogP contribution is 2.21. The summed E-state index contributed by atoms with van der Waals surface area (Å²) in [6, 6.07) is 21.0. The van der Waals surface area contributed by atoms with Crippen molar-refractivity contribution in [3.05, 3.63) is 100 Å². The molecule has 32 heavy (non-hydrogen) atoms. The molecule has 0 amide bonds. The summed E-state index contributed by atoms with van der Waals surface area (Å²) >= 11 is 5.99. The zero-order valence-corrected chi connectivity index (χ0v) is 19.5. The summed E-state index contributed by atoms with van der Waals surface area (Å²) in [6.07, 6.45) is 0.722. The lowest BCUT2D eigenvalue weighted by Gasteiger charge is -2.10. The molecule has 0 saturated carbocycles. The van der Waals surface area contributed by atoms with Crippen molar-refractivity contribution in [2.24, 2.45) is 0 Å². The number of sulfone groups is 1. The highest BCUT2D eigenvalue weighted by molar-refractivity contribution is 7.91. The molecule has 3 aromatic carbocycles. The van der Waals surface area contributed by atoms with Gasteiger partial charge in [0.25, 0.3) is 0 Å². The highest BCUT2D eigenvalue weighted by atomic mass is 35.5. The van der Waals surface area contributed by atoms with E-state index in [4.69, 9.17) is 11.6 Å². The van der Waals surface area contributed by atoms with E-state index in [1.54, 1.807) is 24.3 Å². The van der Waals surface area contributed by atoms with Gasteiger partial charge in [0.05, 0.1) is 10.6 Å². The molecule has 0 aliphatic carbocycles. The zero-order valence-electron chi connectivity index (χ0n) is 17.9. The number of benzene rings is 3. The number of carbonyl (C=O) groups excluding carboxylic acids is 2. The standard InChI is InChI=1S/C26H25ClO4S/c1-19-9-11-21(12-10-19)18-23(28)15-16-32(30,31)26-8-3-2-7-24(26)25(29)14-13-20-5-4-6-22(27)17-20/h2-12,17H,13-16,18H2,1H3. The van der Waals surface area contributed by atoms with Crippen LogP contribution >= 0.6 is 11.6 Å². The summed E-state index contributed by atoms with van der Waals surface area (Å²) in [5, 5.41) is 0.591. The van der Waals surface area contributed by atoms with Crippen molar-refractivity contribution >= 4 is 33.0 Å². The molecular weight excluding hydrogens is 444 g/mol. The molecule has 0 aliphatic rings. The molecule has 3 rings (SSSR count). The topological polar surface area (TPSA) is 68.3 Å². The quantitative estimate of drug-likeness (QED) is 0.371. The first kappa shape index (κ1) is 23.9. The maximum absolute atomic E-state index is 13.0. The fraction of sp³-hybridized carbons (Fsp3) is 0.231. The lowest BCUT2D eigenvalue weighted by molar-refractivity contribution is -0.118.